The van der Waals surface area contributed by atoms with Crippen LogP contribution in [0.15, 0.2) is 18.2 Å². The van der Waals surface area contributed by atoms with Crippen LogP contribution in [0.25, 0.3) is 0 Å². The van der Waals surface area contributed by atoms with E-state index in [-0.39, 0.29) is 0 Å². The zero-order chi connectivity index (χ0) is 13.9. The molecule has 0 radical (unpaired) electrons. The molecule has 2 heterocycles. The lowest BCUT2D eigenvalue weighted by Gasteiger charge is -2.25. The molecule has 0 bridgehead atoms. The summed E-state index contributed by atoms with van der Waals surface area (Å²) in [5.74, 6) is 0. The van der Waals surface area contributed by atoms with Crippen LogP contribution in [0.2, 0.25) is 0 Å². The Balaban J connectivity index is 1.75. The minimum atomic E-state index is 0.491. The van der Waals surface area contributed by atoms with Crippen LogP contribution in [0.1, 0.15) is 30.4 Å². The van der Waals surface area contributed by atoms with Crippen LogP contribution in [0.3, 0.4) is 0 Å². The Morgan fingerprint density at radius 2 is 2.05 bits per heavy atom. The molecule has 1 aromatic carbocycles. The Kier molecular flexibility index (Phi) is 3.90. The van der Waals surface area contributed by atoms with Crippen LogP contribution in [0.4, 0.5) is 5.69 Å². The Morgan fingerprint density at radius 1 is 1.25 bits per heavy atom. The highest BCUT2D eigenvalue weighted by Crippen LogP contribution is 2.28. The van der Waals surface area contributed by atoms with Gasteiger partial charge in [-0.1, -0.05) is 6.07 Å². The summed E-state index contributed by atoms with van der Waals surface area (Å²) in [5.41, 5.74) is 8.52. The normalized spacial score (nSPS) is 23.2. The highest BCUT2D eigenvalue weighted by molar-refractivity contribution is 5.61. The summed E-state index contributed by atoms with van der Waals surface area (Å²) in [4.78, 5) is 4.97. The van der Waals surface area contributed by atoms with Crippen molar-refractivity contribution in [3.63, 3.8) is 0 Å². The van der Waals surface area contributed by atoms with Crippen molar-refractivity contribution in [3.05, 3.63) is 29.3 Å². The molecule has 0 saturated carbocycles. The Labute approximate surface area is 120 Å². The van der Waals surface area contributed by atoms with Gasteiger partial charge in [-0.25, -0.2) is 0 Å². The number of benzene rings is 1. The molecule has 0 aliphatic carbocycles. The van der Waals surface area contributed by atoms with Crippen LogP contribution in [-0.4, -0.2) is 37.1 Å². The molecule has 2 N–H and O–H groups in total. The van der Waals surface area contributed by atoms with Gasteiger partial charge in [0.25, 0.3) is 0 Å². The maximum atomic E-state index is 9.35. The standard InChI is InChI=1S/C16H22N4/c17-10-13-3-4-16(14(9-13)11-18)20-8-5-15(12-20)19-6-1-2-7-19/h3-4,9,15H,1-2,5-8,10,12,17H2. The summed E-state index contributed by atoms with van der Waals surface area (Å²) in [6.45, 7) is 5.09. The molecule has 1 unspecified atom stereocenters. The number of anilines is 1. The van der Waals surface area contributed by atoms with Crippen LogP contribution < -0.4 is 10.6 Å². The lowest BCUT2D eigenvalue weighted by molar-refractivity contribution is 0.260. The molecule has 2 fully saturated rings. The van der Waals surface area contributed by atoms with Crippen molar-refractivity contribution in [1.29, 1.82) is 5.26 Å². The van der Waals surface area contributed by atoms with E-state index in [4.69, 9.17) is 5.73 Å². The number of likely N-dealkylation sites (tertiary alicyclic amines) is 1. The molecule has 0 spiro atoms. The van der Waals surface area contributed by atoms with Crippen molar-refractivity contribution in [2.24, 2.45) is 5.73 Å². The molecule has 1 aromatic rings. The number of nitrogens with two attached hydrogens (primary N) is 1. The molecule has 2 aliphatic rings. The number of rotatable bonds is 3. The minimum absolute atomic E-state index is 0.491. The van der Waals surface area contributed by atoms with E-state index in [2.05, 4.69) is 21.9 Å². The number of nitriles is 1. The van der Waals surface area contributed by atoms with Gasteiger partial charge in [0.05, 0.1) is 11.3 Å². The fourth-order valence-electron chi connectivity index (χ4n) is 3.44. The monoisotopic (exact) mass is 270 g/mol. The van der Waals surface area contributed by atoms with E-state index in [0.717, 1.165) is 29.9 Å². The van der Waals surface area contributed by atoms with Gasteiger partial charge >= 0.3 is 0 Å². The predicted molar refractivity (Wildman–Crippen MR) is 80.5 cm³/mol. The van der Waals surface area contributed by atoms with Gasteiger partial charge in [-0.2, -0.15) is 5.26 Å². The van der Waals surface area contributed by atoms with E-state index in [1.54, 1.807) is 0 Å². The first kappa shape index (κ1) is 13.4. The zero-order valence-corrected chi connectivity index (χ0v) is 11.9. The second-order valence-electron chi connectivity index (χ2n) is 5.80. The average molecular weight is 270 g/mol. The van der Waals surface area contributed by atoms with E-state index in [0.29, 0.717) is 12.6 Å². The molecule has 106 valence electrons. The highest BCUT2D eigenvalue weighted by Gasteiger charge is 2.30. The summed E-state index contributed by atoms with van der Waals surface area (Å²) in [6.07, 6.45) is 3.89. The fraction of sp³-hybridized carbons (Fsp3) is 0.562. The van der Waals surface area contributed by atoms with Crippen LogP contribution in [0, 0.1) is 11.3 Å². The van der Waals surface area contributed by atoms with Crippen molar-refractivity contribution < 1.29 is 0 Å². The molecule has 0 amide bonds. The van der Waals surface area contributed by atoms with E-state index in [9.17, 15) is 5.26 Å². The topological polar surface area (TPSA) is 56.3 Å². The lowest BCUT2D eigenvalue weighted by Crippen LogP contribution is -2.35. The maximum Gasteiger partial charge on any atom is 0.101 e. The molecule has 2 saturated heterocycles. The highest BCUT2D eigenvalue weighted by atomic mass is 15.3. The van der Waals surface area contributed by atoms with Gasteiger partial charge in [0.1, 0.15) is 6.07 Å². The average Bonchev–Trinajstić information content (AvgIpc) is 3.17. The van der Waals surface area contributed by atoms with Gasteiger partial charge in [-0.15, -0.1) is 0 Å². The molecular weight excluding hydrogens is 248 g/mol. The third-order valence-corrected chi connectivity index (χ3v) is 4.58. The van der Waals surface area contributed by atoms with E-state index < -0.39 is 0 Å². The third-order valence-electron chi connectivity index (χ3n) is 4.58. The zero-order valence-electron chi connectivity index (χ0n) is 11.9. The Hall–Kier alpha value is -1.57. The summed E-state index contributed by atoms with van der Waals surface area (Å²) in [6, 6.07) is 9.02. The first-order valence-electron chi connectivity index (χ1n) is 7.54. The maximum absolute atomic E-state index is 9.35. The minimum Gasteiger partial charge on any atom is -0.369 e. The molecule has 2 aliphatic heterocycles. The van der Waals surface area contributed by atoms with Crippen molar-refractivity contribution in [3.8, 4) is 6.07 Å². The Bertz CT molecular complexity index is 514. The summed E-state index contributed by atoms with van der Waals surface area (Å²) in [7, 11) is 0. The fourth-order valence-corrected chi connectivity index (χ4v) is 3.44. The smallest absolute Gasteiger partial charge is 0.101 e. The molecule has 20 heavy (non-hydrogen) atoms. The number of hydrogen-bond donors (Lipinski definition) is 1. The van der Waals surface area contributed by atoms with Gasteiger partial charge in [-0.05, 0) is 50.0 Å². The molecule has 1 atom stereocenters. The molecule has 4 nitrogen and oxygen atoms in total. The molecule has 3 rings (SSSR count). The van der Waals surface area contributed by atoms with Crippen molar-refractivity contribution in [2.75, 3.05) is 31.1 Å². The number of hydrogen-bond acceptors (Lipinski definition) is 4. The van der Waals surface area contributed by atoms with E-state index in [1.807, 2.05) is 12.1 Å². The van der Waals surface area contributed by atoms with Gasteiger partial charge in [0.15, 0.2) is 0 Å². The number of nitrogens with zero attached hydrogens (tertiary/aromatic N) is 3. The van der Waals surface area contributed by atoms with Crippen molar-refractivity contribution >= 4 is 5.69 Å². The van der Waals surface area contributed by atoms with Crippen LogP contribution >= 0.6 is 0 Å². The Morgan fingerprint density at radius 3 is 2.75 bits per heavy atom. The van der Waals surface area contributed by atoms with Crippen LogP contribution in [-0.2, 0) is 6.54 Å². The van der Waals surface area contributed by atoms with Gasteiger partial charge < -0.3 is 10.6 Å². The predicted octanol–water partition coefficient (Wildman–Crippen LogP) is 1.69. The van der Waals surface area contributed by atoms with Gasteiger partial charge in [0.2, 0.25) is 0 Å². The summed E-state index contributed by atoms with van der Waals surface area (Å²) >= 11 is 0. The SMILES string of the molecule is N#Cc1cc(CN)ccc1N1CCC(N2CCCC2)C1. The largest absolute Gasteiger partial charge is 0.369 e. The van der Waals surface area contributed by atoms with Crippen molar-refractivity contribution in [1.82, 2.24) is 4.90 Å². The first-order chi connectivity index (χ1) is 9.81. The first-order valence-corrected chi connectivity index (χ1v) is 7.54. The second-order valence-corrected chi connectivity index (χ2v) is 5.80. The molecule has 4 heteroatoms. The van der Waals surface area contributed by atoms with E-state index >= 15 is 0 Å². The molecule has 0 aromatic heterocycles. The summed E-state index contributed by atoms with van der Waals surface area (Å²) in [5, 5.41) is 9.35. The van der Waals surface area contributed by atoms with Gasteiger partial charge in [0, 0.05) is 25.7 Å². The second kappa shape index (κ2) is 5.82. The van der Waals surface area contributed by atoms with Gasteiger partial charge in [-0.3, -0.25) is 4.90 Å². The third kappa shape index (κ3) is 2.52. The molecular formula is C16H22N4. The quantitative estimate of drug-likeness (QED) is 0.908. The summed E-state index contributed by atoms with van der Waals surface area (Å²) < 4.78 is 0. The van der Waals surface area contributed by atoms with E-state index in [1.165, 1.54) is 32.4 Å². The lowest BCUT2D eigenvalue weighted by atomic mass is 10.1. The van der Waals surface area contributed by atoms with Crippen molar-refractivity contribution in [2.45, 2.75) is 31.8 Å². The van der Waals surface area contributed by atoms with Crippen LogP contribution in [0.5, 0.6) is 0 Å².